The van der Waals surface area contributed by atoms with E-state index in [0.717, 1.165) is 18.9 Å². The zero-order chi connectivity index (χ0) is 14.1. The standard InChI is InChI=1S/C15H24N2O2/c1-4-19-15(18)13-9-7-11-17-14(13)16-10-6-5-8-12(2)3/h7,9,11-12H,4-6,8,10H2,1-3H3,(H,16,17). The van der Waals surface area contributed by atoms with Crippen LogP contribution in [-0.2, 0) is 4.74 Å². The molecule has 0 unspecified atom stereocenters. The Hall–Kier alpha value is -1.58. The third-order valence-corrected chi connectivity index (χ3v) is 2.80. The molecule has 0 saturated carbocycles. The molecule has 0 aromatic carbocycles. The van der Waals surface area contributed by atoms with Crippen LogP contribution in [0, 0.1) is 5.92 Å². The second-order valence-corrected chi connectivity index (χ2v) is 4.94. The minimum absolute atomic E-state index is 0.319. The molecule has 0 fully saturated rings. The van der Waals surface area contributed by atoms with Crippen LogP contribution in [0.3, 0.4) is 0 Å². The Balaban J connectivity index is 2.47. The van der Waals surface area contributed by atoms with Crippen molar-refractivity contribution in [2.24, 2.45) is 5.92 Å². The maximum absolute atomic E-state index is 11.7. The molecule has 1 N–H and O–H groups in total. The summed E-state index contributed by atoms with van der Waals surface area (Å²) < 4.78 is 5.01. The van der Waals surface area contributed by atoms with Crippen molar-refractivity contribution in [3.63, 3.8) is 0 Å². The van der Waals surface area contributed by atoms with E-state index in [2.05, 4.69) is 24.1 Å². The van der Waals surface area contributed by atoms with Crippen molar-refractivity contribution in [3.8, 4) is 0 Å². The van der Waals surface area contributed by atoms with Crippen molar-refractivity contribution < 1.29 is 9.53 Å². The second-order valence-electron chi connectivity index (χ2n) is 4.94. The number of rotatable bonds is 8. The molecule has 1 rings (SSSR count). The minimum Gasteiger partial charge on any atom is -0.462 e. The molecule has 0 bridgehead atoms. The van der Waals surface area contributed by atoms with Crippen LogP contribution in [0.15, 0.2) is 18.3 Å². The first-order chi connectivity index (χ1) is 9.15. The third-order valence-electron chi connectivity index (χ3n) is 2.80. The average molecular weight is 264 g/mol. The number of anilines is 1. The van der Waals surface area contributed by atoms with Crippen molar-refractivity contribution in [3.05, 3.63) is 23.9 Å². The minimum atomic E-state index is -0.319. The molecule has 1 heterocycles. The molecule has 0 atom stereocenters. The van der Waals surface area contributed by atoms with Gasteiger partial charge in [-0.3, -0.25) is 0 Å². The highest BCUT2D eigenvalue weighted by Crippen LogP contribution is 2.13. The first kappa shape index (κ1) is 15.5. The molecule has 4 heteroatoms. The van der Waals surface area contributed by atoms with Crippen LogP contribution in [-0.4, -0.2) is 24.1 Å². The van der Waals surface area contributed by atoms with Gasteiger partial charge in [-0.05, 0) is 31.4 Å². The summed E-state index contributed by atoms with van der Waals surface area (Å²) in [5, 5.41) is 3.21. The number of nitrogens with one attached hydrogen (secondary N) is 1. The molecule has 0 aliphatic heterocycles. The lowest BCUT2D eigenvalue weighted by Gasteiger charge is -2.10. The van der Waals surface area contributed by atoms with Gasteiger partial charge in [0.15, 0.2) is 0 Å². The lowest BCUT2D eigenvalue weighted by atomic mass is 10.1. The van der Waals surface area contributed by atoms with Gasteiger partial charge in [-0.2, -0.15) is 0 Å². The predicted octanol–water partition coefficient (Wildman–Crippen LogP) is 3.50. The molecule has 0 aliphatic carbocycles. The summed E-state index contributed by atoms with van der Waals surface area (Å²) in [5.74, 6) is 1.04. The van der Waals surface area contributed by atoms with Crippen LogP contribution < -0.4 is 5.32 Å². The first-order valence-electron chi connectivity index (χ1n) is 7.01. The van der Waals surface area contributed by atoms with Crippen LogP contribution >= 0.6 is 0 Å². The molecule has 106 valence electrons. The Bertz CT molecular complexity index is 391. The zero-order valence-corrected chi connectivity index (χ0v) is 12.1. The molecular weight excluding hydrogens is 240 g/mol. The molecule has 0 aliphatic rings. The highest BCUT2D eigenvalue weighted by atomic mass is 16.5. The smallest absolute Gasteiger partial charge is 0.341 e. The summed E-state index contributed by atoms with van der Waals surface area (Å²) >= 11 is 0. The monoisotopic (exact) mass is 264 g/mol. The number of unbranched alkanes of at least 4 members (excludes halogenated alkanes) is 1. The van der Waals surface area contributed by atoms with Gasteiger partial charge in [0.05, 0.1) is 6.61 Å². The van der Waals surface area contributed by atoms with Gasteiger partial charge in [0, 0.05) is 12.7 Å². The highest BCUT2D eigenvalue weighted by molar-refractivity contribution is 5.94. The Kier molecular flexibility index (Phi) is 6.93. The number of carbonyl (C=O) groups excluding carboxylic acids is 1. The van der Waals surface area contributed by atoms with Crippen molar-refractivity contribution in [1.29, 1.82) is 0 Å². The fourth-order valence-electron chi connectivity index (χ4n) is 1.80. The summed E-state index contributed by atoms with van der Waals surface area (Å²) in [6.45, 7) is 7.46. The highest BCUT2D eigenvalue weighted by Gasteiger charge is 2.12. The summed E-state index contributed by atoms with van der Waals surface area (Å²) in [7, 11) is 0. The van der Waals surface area contributed by atoms with Crippen molar-refractivity contribution in [1.82, 2.24) is 4.98 Å². The van der Waals surface area contributed by atoms with Gasteiger partial charge in [0.2, 0.25) is 0 Å². The number of ether oxygens (including phenoxy) is 1. The molecule has 19 heavy (non-hydrogen) atoms. The van der Waals surface area contributed by atoms with E-state index in [1.54, 1.807) is 25.3 Å². The fourth-order valence-corrected chi connectivity index (χ4v) is 1.80. The van der Waals surface area contributed by atoms with Crippen LogP contribution in [0.2, 0.25) is 0 Å². The second kappa shape index (κ2) is 8.51. The maximum atomic E-state index is 11.7. The maximum Gasteiger partial charge on any atom is 0.341 e. The van der Waals surface area contributed by atoms with Crippen LogP contribution in [0.4, 0.5) is 5.82 Å². The van der Waals surface area contributed by atoms with E-state index >= 15 is 0 Å². The topological polar surface area (TPSA) is 51.2 Å². The lowest BCUT2D eigenvalue weighted by molar-refractivity contribution is 0.0527. The molecular formula is C15H24N2O2. The van der Waals surface area contributed by atoms with E-state index in [1.807, 2.05) is 0 Å². The van der Waals surface area contributed by atoms with Crippen LogP contribution in [0.5, 0.6) is 0 Å². The Labute approximate surface area is 115 Å². The van der Waals surface area contributed by atoms with Crippen molar-refractivity contribution in [2.45, 2.75) is 40.0 Å². The number of aromatic nitrogens is 1. The molecule has 0 radical (unpaired) electrons. The van der Waals surface area contributed by atoms with Gasteiger partial charge in [0.25, 0.3) is 0 Å². The zero-order valence-electron chi connectivity index (χ0n) is 12.1. The normalized spacial score (nSPS) is 10.5. The molecule has 1 aromatic rings. The number of hydrogen-bond acceptors (Lipinski definition) is 4. The van der Waals surface area contributed by atoms with Crippen molar-refractivity contribution >= 4 is 11.8 Å². The van der Waals surface area contributed by atoms with Gasteiger partial charge < -0.3 is 10.1 Å². The predicted molar refractivity (Wildman–Crippen MR) is 77.4 cm³/mol. The number of hydrogen-bond donors (Lipinski definition) is 1. The van der Waals surface area contributed by atoms with Crippen molar-refractivity contribution in [2.75, 3.05) is 18.5 Å². The lowest BCUT2D eigenvalue weighted by Crippen LogP contribution is -2.12. The Morgan fingerprint density at radius 1 is 1.42 bits per heavy atom. The van der Waals surface area contributed by atoms with Gasteiger partial charge >= 0.3 is 5.97 Å². The quantitative estimate of drug-likeness (QED) is 0.577. The van der Waals surface area contributed by atoms with Crippen LogP contribution in [0.1, 0.15) is 50.4 Å². The third kappa shape index (κ3) is 5.73. The molecule has 4 nitrogen and oxygen atoms in total. The fraction of sp³-hybridized carbons (Fsp3) is 0.600. The molecule has 0 spiro atoms. The van der Waals surface area contributed by atoms with E-state index in [4.69, 9.17) is 4.74 Å². The van der Waals surface area contributed by atoms with E-state index < -0.39 is 0 Å². The molecule has 0 amide bonds. The Morgan fingerprint density at radius 2 is 2.21 bits per heavy atom. The largest absolute Gasteiger partial charge is 0.462 e. The van der Waals surface area contributed by atoms with E-state index in [1.165, 1.54) is 12.8 Å². The Morgan fingerprint density at radius 3 is 2.89 bits per heavy atom. The van der Waals surface area contributed by atoms with Crippen LogP contribution in [0.25, 0.3) is 0 Å². The first-order valence-corrected chi connectivity index (χ1v) is 7.01. The number of carbonyl (C=O) groups is 1. The van der Waals surface area contributed by atoms with E-state index in [0.29, 0.717) is 18.0 Å². The average Bonchev–Trinajstić information content (AvgIpc) is 2.38. The van der Waals surface area contributed by atoms with Gasteiger partial charge in [-0.25, -0.2) is 9.78 Å². The number of pyridine rings is 1. The van der Waals surface area contributed by atoms with E-state index in [-0.39, 0.29) is 5.97 Å². The summed E-state index contributed by atoms with van der Waals surface area (Å²) in [6, 6.07) is 3.48. The molecule has 1 aromatic heterocycles. The SMILES string of the molecule is CCOC(=O)c1cccnc1NCCCCC(C)C. The van der Waals surface area contributed by atoms with E-state index in [9.17, 15) is 4.79 Å². The summed E-state index contributed by atoms with van der Waals surface area (Å²) in [5.41, 5.74) is 0.508. The summed E-state index contributed by atoms with van der Waals surface area (Å²) in [6.07, 6.45) is 5.18. The van der Waals surface area contributed by atoms with Gasteiger partial charge in [-0.1, -0.05) is 26.7 Å². The number of esters is 1. The van der Waals surface area contributed by atoms with Gasteiger partial charge in [0.1, 0.15) is 11.4 Å². The van der Waals surface area contributed by atoms with Gasteiger partial charge in [-0.15, -0.1) is 0 Å². The molecule has 0 saturated heterocycles. The number of nitrogens with zero attached hydrogens (tertiary/aromatic N) is 1. The summed E-state index contributed by atoms with van der Waals surface area (Å²) in [4.78, 5) is 15.9.